The molecule has 0 radical (unpaired) electrons. The van der Waals surface area contributed by atoms with Crippen LogP contribution in [0.1, 0.15) is 31.7 Å². The standard InChI is InChI=1S/C12H19BrN2OS/c1-8(2)6-15-11(16)7-14-9(3)12-10(13)4-5-17-12/h4-5,8-9,14H,6-7H2,1-3H3,(H,15,16). The maximum atomic E-state index is 11.5. The highest BCUT2D eigenvalue weighted by Crippen LogP contribution is 2.28. The zero-order valence-corrected chi connectivity index (χ0v) is 12.8. The van der Waals surface area contributed by atoms with E-state index in [9.17, 15) is 4.79 Å². The Morgan fingerprint density at radius 2 is 2.18 bits per heavy atom. The van der Waals surface area contributed by atoms with E-state index in [1.165, 1.54) is 4.88 Å². The van der Waals surface area contributed by atoms with Crippen LogP contribution >= 0.6 is 27.3 Å². The number of nitrogens with one attached hydrogen (secondary N) is 2. The third-order valence-corrected chi connectivity index (χ3v) is 4.37. The molecule has 1 aromatic rings. The van der Waals surface area contributed by atoms with E-state index < -0.39 is 0 Å². The van der Waals surface area contributed by atoms with Crippen LogP contribution in [0.4, 0.5) is 0 Å². The molecule has 0 aromatic carbocycles. The van der Waals surface area contributed by atoms with E-state index >= 15 is 0 Å². The fourth-order valence-corrected chi connectivity index (χ4v) is 3.08. The molecule has 0 fully saturated rings. The van der Waals surface area contributed by atoms with Crippen molar-refractivity contribution < 1.29 is 4.79 Å². The summed E-state index contributed by atoms with van der Waals surface area (Å²) in [6, 6.07) is 2.21. The summed E-state index contributed by atoms with van der Waals surface area (Å²) in [4.78, 5) is 12.7. The minimum absolute atomic E-state index is 0.0539. The van der Waals surface area contributed by atoms with Gasteiger partial charge in [-0.25, -0.2) is 0 Å². The van der Waals surface area contributed by atoms with E-state index in [4.69, 9.17) is 0 Å². The first-order chi connectivity index (χ1) is 8.00. The van der Waals surface area contributed by atoms with E-state index in [0.29, 0.717) is 12.5 Å². The van der Waals surface area contributed by atoms with E-state index in [1.807, 2.05) is 11.4 Å². The second-order valence-corrected chi connectivity index (χ2v) is 6.24. The van der Waals surface area contributed by atoms with Gasteiger partial charge in [-0.05, 0) is 40.2 Å². The largest absolute Gasteiger partial charge is 0.355 e. The van der Waals surface area contributed by atoms with Crippen molar-refractivity contribution in [3.8, 4) is 0 Å². The molecule has 1 aromatic heterocycles. The molecule has 1 heterocycles. The summed E-state index contributed by atoms with van der Waals surface area (Å²) in [7, 11) is 0. The van der Waals surface area contributed by atoms with Crippen LogP contribution < -0.4 is 10.6 Å². The molecule has 3 nitrogen and oxygen atoms in total. The Morgan fingerprint density at radius 3 is 2.71 bits per heavy atom. The first-order valence-corrected chi connectivity index (χ1v) is 7.41. The number of hydrogen-bond donors (Lipinski definition) is 2. The Bertz CT molecular complexity index is 365. The molecule has 1 amide bonds. The van der Waals surface area contributed by atoms with Crippen molar-refractivity contribution in [2.24, 2.45) is 5.92 Å². The van der Waals surface area contributed by atoms with Crippen molar-refractivity contribution >= 4 is 33.2 Å². The monoisotopic (exact) mass is 318 g/mol. The average Bonchev–Trinajstić information content (AvgIpc) is 2.69. The van der Waals surface area contributed by atoms with E-state index in [1.54, 1.807) is 11.3 Å². The Labute approximate surface area is 115 Å². The average molecular weight is 319 g/mol. The first-order valence-electron chi connectivity index (χ1n) is 5.73. The quantitative estimate of drug-likeness (QED) is 0.846. The van der Waals surface area contributed by atoms with Gasteiger partial charge in [0.15, 0.2) is 0 Å². The third kappa shape index (κ3) is 5.19. The molecule has 1 atom stereocenters. The lowest BCUT2D eigenvalue weighted by molar-refractivity contribution is -0.120. The van der Waals surface area contributed by atoms with Crippen molar-refractivity contribution in [1.82, 2.24) is 10.6 Å². The Balaban J connectivity index is 2.31. The number of rotatable bonds is 6. The van der Waals surface area contributed by atoms with Gasteiger partial charge in [-0.15, -0.1) is 11.3 Å². The number of carbonyl (C=O) groups is 1. The van der Waals surface area contributed by atoms with E-state index in [-0.39, 0.29) is 11.9 Å². The van der Waals surface area contributed by atoms with E-state index in [2.05, 4.69) is 47.3 Å². The number of amides is 1. The second-order valence-electron chi connectivity index (χ2n) is 4.43. The smallest absolute Gasteiger partial charge is 0.233 e. The molecule has 0 saturated heterocycles. The highest BCUT2D eigenvalue weighted by Gasteiger charge is 2.11. The van der Waals surface area contributed by atoms with Crippen LogP contribution in [0, 0.1) is 5.92 Å². The van der Waals surface area contributed by atoms with E-state index in [0.717, 1.165) is 11.0 Å². The van der Waals surface area contributed by atoms with Gasteiger partial charge in [0.1, 0.15) is 0 Å². The number of thiophene rings is 1. The molecule has 0 bridgehead atoms. The predicted octanol–water partition coefficient (Wildman–Crippen LogP) is 2.93. The summed E-state index contributed by atoms with van der Waals surface area (Å²) >= 11 is 5.18. The molecule has 0 aliphatic carbocycles. The molecular formula is C12H19BrN2OS. The molecule has 0 spiro atoms. The number of carbonyl (C=O) groups excluding carboxylic acids is 1. The normalized spacial score (nSPS) is 12.8. The highest BCUT2D eigenvalue weighted by atomic mass is 79.9. The van der Waals surface area contributed by atoms with Gasteiger partial charge in [-0.1, -0.05) is 13.8 Å². The topological polar surface area (TPSA) is 41.1 Å². The van der Waals surface area contributed by atoms with Crippen LogP contribution in [-0.2, 0) is 4.79 Å². The summed E-state index contributed by atoms with van der Waals surface area (Å²) in [6.45, 7) is 7.32. The molecule has 1 rings (SSSR count). The lowest BCUT2D eigenvalue weighted by atomic mass is 10.2. The molecule has 0 aliphatic rings. The third-order valence-electron chi connectivity index (χ3n) is 2.31. The van der Waals surface area contributed by atoms with Crippen LogP contribution in [0.15, 0.2) is 15.9 Å². The fraction of sp³-hybridized carbons (Fsp3) is 0.583. The Hall–Kier alpha value is -0.390. The Kier molecular flexibility index (Phi) is 6.16. The van der Waals surface area contributed by atoms with Crippen molar-refractivity contribution in [2.45, 2.75) is 26.8 Å². The van der Waals surface area contributed by atoms with Gasteiger partial charge in [0, 0.05) is 21.9 Å². The van der Waals surface area contributed by atoms with Crippen molar-refractivity contribution in [2.75, 3.05) is 13.1 Å². The zero-order valence-electron chi connectivity index (χ0n) is 10.4. The van der Waals surface area contributed by atoms with Crippen LogP contribution in [-0.4, -0.2) is 19.0 Å². The zero-order chi connectivity index (χ0) is 12.8. The summed E-state index contributed by atoms with van der Waals surface area (Å²) in [5.41, 5.74) is 0. The maximum absolute atomic E-state index is 11.5. The molecular weight excluding hydrogens is 300 g/mol. The van der Waals surface area contributed by atoms with Crippen molar-refractivity contribution in [3.63, 3.8) is 0 Å². The lowest BCUT2D eigenvalue weighted by Gasteiger charge is -2.13. The van der Waals surface area contributed by atoms with Gasteiger partial charge in [-0.2, -0.15) is 0 Å². The molecule has 96 valence electrons. The first kappa shape index (κ1) is 14.7. The molecule has 1 unspecified atom stereocenters. The highest BCUT2D eigenvalue weighted by molar-refractivity contribution is 9.10. The van der Waals surface area contributed by atoms with Crippen molar-refractivity contribution in [1.29, 1.82) is 0 Å². The van der Waals surface area contributed by atoms with Crippen LogP contribution in [0.5, 0.6) is 0 Å². The molecule has 17 heavy (non-hydrogen) atoms. The van der Waals surface area contributed by atoms with Gasteiger partial charge >= 0.3 is 0 Å². The molecule has 0 aliphatic heterocycles. The van der Waals surface area contributed by atoms with Gasteiger partial charge in [0.2, 0.25) is 5.91 Å². The predicted molar refractivity (Wildman–Crippen MR) is 76.3 cm³/mol. The number of hydrogen-bond acceptors (Lipinski definition) is 3. The Morgan fingerprint density at radius 1 is 1.47 bits per heavy atom. The van der Waals surface area contributed by atoms with Gasteiger partial charge in [-0.3, -0.25) is 4.79 Å². The number of halogens is 1. The lowest BCUT2D eigenvalue weighted by Crippen LogP contribution is -2.36. The van der Waals surface area contributed by atoms with Crippen molar-refractivity contribution in [3.05, 3.63) is 20.8 Å². The minimum atomic E-state index is 0.0539. The summed E-state index contributed by atoms with van der Waals surface area (Å²) in [6.07, 6.45) is 0. The molecule has 2 N–H and O–H groups in total. The van der Waals surface area contributed by atoms with Gasteiger partial charge in [0.25, 0.3) is 0 Å². The van der Waals surface area contributed by atoms with Crippen LogP contribution in [0.25, 0.3) is 0 Å². The molecule has 0 saturated carbocycles. The van der Waals surface area contributed by atoms with Crippen LogP contribution in [0.3, 0.4) is 0 Å². The summed E-state index contributed by atoms with van der Waals surface area (Å²) < 4.78 is 1.10. The molecule has 5 heteroatoms. The summed E-state index contributed by atoms with van der Waals surface area (Å²) in [5, 5.41) is 8.14. The van der Waals surface area contributed by atoms with Gasteiger partial charge < -0.3 is 10.6 Å². The maximum Gasteiger partial charge on any atom is 0.233 e. The SMILES string of the molecule is CC(C)CNC(=O)CNC(C)c1sccc1Br. The minimum Gasteiger partial charge on any atom is -0.355 e. The fourth-order valence-electron chi connectivity index (χ4n) is 1.33. The van der Waals surface area contributed by atoms with Crippen LogP contribution in [0.2, 0.25) is 0 Å². The second kappa shape index (κ2) is 7.13. The summed E-state index contributed by atoms with van der Waals surface area (Å²) in [5.74, 6) is 0.543. The van der Waals surface area contributed by atoms with Gasteiger partial charge in [0.05, 0.1) is 6.54 Å².